The number of carbonyl (C=O) groups excluding carboxylic acids is 1. The maximum atomic E-state index is 12.1. The third kappa shape index (κ3) is 4.16. The molecule has 21 heavy (non-hydrogen) atoms. The Hall–Kier alpha value is -2.14. The molecule has 0 radical (unpaired) electrons. The Kier molecular flexibility index (Phi) is 5.11. The van der Waals surface area contributed by atoms with Gasteiger partial charge in [0.2, 0.25) is 5.91 Å². The van der Waals surface area contributed by atoms with Gasteiger partial charge in [0.1, 0.15) is 5.82 Å². The van der Waals surface area contributed by atoms with Crippen molar-refractivity contribution >= 4 is 11.7 Å². The van der Waals surface area contributed by atoms with Crippen LogP contribution in [0.2, 0.25) is 0 Å². The number of hydrogen-bond donors (Lipinski definition) is 2. The topological polar surface area (TPSA) is 72.9 Å². The Morgan fingerprint density at radius 1 is 1.29 bits per heavy atom. The van der Waals surface area contributed by atoms with Gasteiger partial charge < -0.3 is 11.1 Å². The summed E-state index contributed by atoms with van der Waals surface area (Å²) in [5.41, 5.74) is 7.15. The number of rotatable bonds is 6. The number of hydrogen-bond acceptors (Lipinski definition) is 3. The third-order valence-electron chi connectivity index (χ3n) is 3.33. The molecule has 1 heterocycles. The normalized spacial score (nSPS) is 12.4. The van der Waals surface area contributed by atoms with E-state index in [-0.39, 0.29) is 11.9 Å². The first-order chi connectivity index (χ1) is 10.1. The fourth-order valence-electron chi connectivity index (χ4n) is 2.14. The molecule has 2 rings (SSSR count). The van der Waals surface area contributed by atoms with Gasteiger partial charge in [0, 0.05) is 12.1 Å². The average molecular weight is 286 g/mol. The first-order valence-corrected chi connectivity index (χ1v) is 7.22. The lowest BCUT2D eigenvalue weighted by Crippen LogP contribution is -2.36. The zero-order chi connectivity index (χ0) is 15.2. The lowest BCUT2D eigenvalue weighted by molar-refractivity contribution is -0.117. The summed E-state index contributed by atoms with van der Waals surface area (Å²) in [5, 5.41) is 7.03. The van der Waals surface area contributed by atoms with Crippen molar-refractivity contribution < 1.29 is 4.79 Å². The Balaban J connectivity index is 1.89. The van der Waals surface area contributed by atoms with Gasteiger partial charge in [-0.25, -0.2) is 4.68 Å². The van der Waals surface area contributed by atoms with Gasteiger partial charge >= 0.3 is 0 Å². The average Bonchev–Trinajstić information content (AvgIpc) is 2.94. The van der Waals surface area contributed by atoms with Gasteiger partial charge in [0.15, 0.2) is 0 Å². The number of carbonyl (C=O) groups is 1. The molecule has 0 aliphatic rings. The number of nitrogens with two attached hydrogens (primary N) is 1. The predicted octanol–water partition coefficient (Wildman–Crippen LogP) is 2.36. The van der Waals surface area contributed by atoms with Crippen molar-refractivity contribution in [3.8, 4) is 0 Å². The minimum atomic E-state index is -0.527. The second-order valence-electron chi connectivity index (χ2n) is 5.37. The van der Waals surface area contributed by atoms with Gasteiger partial charge in [-0.3, -0.25) is 4.79 Å². The molecular weight excluding hydrogens is 264 g/mol. The second-order valence-corrected chi connectivity index (χ2v) is 5.37. The van der Waals surface area contributed by atoms with Gasteiger partial charge in [0.05, 0.1) is 12.2 Å². The molecule has 0 bridgehead atoms. The molecule has 1 unspecified atom stereocenters. The van der Waals surface area contributed by atoms with Crippen LogP contribution in [0.25, 0.3) is 0 Å². The minimum absolute atomic E-state index is 0.173. The van der Waals surface area contributed by atoms with Crippen molar-refractivity contribution in [3.63, 3.8) is 0 Å². The van der Waals surface area contributed by atoms with Gasteiger partial charge in [-0.2, -0.15) is 5.10 Å². The number of amides is 1. The van der Waals surface area contributed by atoms with Crippen LogP contribution in [-0.2, 0) is 11.2 Å². The van der Waals surface area contributed by atoms with E-state index in [2.05, 4.69) is 10.4 Å². The van der Waals surface area contributed by atoms with Crippen LogP contribution in [0.5, 0.6) is 0 Å². The first-order valence-electron chi connectivity index (χ1n) is 7.22. The summed E-state index contributed by atoms with van der Waals surface area (Å²) in [4.78, 5) is 12.1. The second kappa shape index (κ2) is 7.04. The van der Waals surface area contributed by atoms with Crippen LogP contribution in [0.3, 0.4) is 0 Å². The van der Waals surface area contributed by atoms with Crippen LogP contribution >= 0.6 is 0 Å². The van der Waals surface area contributed by atoms with Crippen molar-refractivity contribution in [1.82, 2.24) is 9.78 Å². The molecule has 0 saturated carbocycles. The van der Waals surface area contributed by atoms with E-state index in [9.17, 15) is 4.79 Å². The summed E-state index contributed by atoms with van der Waals surface area (Å²) in [6.45, 7) is 4.02. The molecule has 1 atom stereocenters. The summed E-state index contributed by atoms with van der Waals surface area (Å²) in [7, 11) is 0. The highest BCUT2D eigenvalue weighted by molar-refractivity contribution is 5.93. The zero-order valence-corrected chi connectivity index (χ0v) is 12.5. The Morgan fingerprint density at radius 3 is 2.67 bits per heavy atom. The summed E-state index contributed by atoms with van der Waals surface area (Å²) in [5.74, 6) is 0.512. The van der Waals surface area contributed by atoms with E-state index < -0.39 is 6.04 Å². The van der Waals surface area contributed by atoms with Gasteiger partial charge in [-0.15, -0.1) is 0 Å². The van der Waals surface area contributed by atoms with Crippen LogP contribution in [0.15, 0.2) is 42.6 Å². The highest BCUT2D eigenvalue weighted by Crippen LogP contribution is 2.13. The van der Waals surface area contributed by atoms with Gasteiger partial charge in [-0.05, 0) is 32.3 Å². The summed E-state index contributed by atoms with van der Waals surface area (Å²) in [6.07, 6.45) is 3.08. The highest BCUT2D eigenvalue weighted by Gasteiger charge is 2.16. The maximum absolute atomic E-state index is 12.1. The Bertz CT molecular complexity index is 577. The summed E-state index contributed by atoms with van der Waals surface area (Å²) in [6, 6.07) is 11.5. The number of aromatic nitrogens is 2. The van der Waals surface area contributed by atoms with Crippen molar-refractivity contribution in [3.05, 3.63) is 48.2 Å². The van der Waals surface area contributed by atoms with Crippen LogP contribution in [0.4, 0.5) is 5.82 Å². The largest absolute Gasteiger partial charge is 0.320 e. The van der Waals surface area contributed by atoms with Crippen molar-refractivity contribution in [1.29, 1.82) is 0 Å². The Labute approximate surface area is 125 Å². The molecule has 2 aromatic rings. The van der Waals surface area contributed by atoms with Crippen LogP contribution < -0.4 is 11.1 Å². The summed E-state index contributed by atoms with van der Waals surface area (Å²) < 4.78 is 1.77. The predicted molar refractivity (Wildman–Crippen MR) is 84.0 cm³/mol. The maximum Gasteiger partial charge on any atom is 0.242 e. The molecule has 0 saturated heterocycles. The monoisotopic (exact) mass is 286 g/mol. The van der Waals surface area contributed by atoms with E-state index in [4.69, 9.17) is 5.73 Å². The molecule has 0 spiro atoms. The smallest absolute Gasteiger partial charge is 0.242 e. The fraction of sp³-hybridized carbons (Fsp3) is 0.375. The Morgan fingerprint density at radius 2 is 2.00 bits per heavy atom. The third-order valence-corrected chi connectivity index (χ3v) is 3.33. The first kappa shape index (κ1) is 15.3. The van der Waals surface area contributed by atoms with E-state index in [0.29, 0.717) is 12.2 Å². The molecule has 112 valence electrons. The van der Waals surface area contributed by atoms with Crippen molar-refractivity contribution in [2.75, 3.05) is 5.32 Å². The molecule has 5 heteroatoms. The minimum Gasteiger partial charge on any atom is -0.320 e. The zero-order valence-electron chi connectivity index (χ0n) is 12.5. The number of benzene rings is 1. The number of nitrogens with one attached hydrogen (secondary N) is 1. The van der Waals surface area contributed by atoms with Gasteiger partial charge in [0.25, 0.3) is 0 Å². The van der Waals surface area contributed by atoms with Crippen LogP contribution in [0.1, 0.15) is 31.9 Å². The molecule has 0 fully saturated rings. The lowest BCUT2D eigenvalue weighted by atomic mass is 10.1. The molecule has 1 amide bonds. The molecule has 1 aromatic carbocycles. The van der Waals surface area contributed by atoms with Crippen LogP contribution in [0, 0.1) is 0 Å². The SMILES string of the molecule is CC(C)n1nccc1NC(=O)C(N)CCc1ccccc1. The summed E-state index contributed by atoms with van der Waals surface area (Å²) >= 11 is 0. The van der Waals surface area contributed by atoms with Crippen molar-refractivity contribution in [2.24, 2.45) is 5.73 Å². The lowest BCUT2D eigenvalue weighted by Gasteiger charge is -2.15. The molecular formula is C16H22N4O. The molecule has 1 aromatic heterocycles. The van der Waals surface area contributed by atoms with E-state index in [0.717, 1.165) is 6.42 Å². The number of anilines is 1. The fourth-order valence-corrected chi connectivity index (χ4v) is 2.14. The standard InChI is InChI=1S/C16H22N4O/c1-12(2)20-15(10-11-18-20)19-16(21)14(17)9-8-13-6-4-3-5-7-13/h3-7,10-12,14H,8-9,17H2,1-2H3,(H,19,21). The number of aryl methyl sites for hydroxylation is 1. The van der Waals surface area contributed by atoms with E-state index in [1.807, 2.05) is 44.2 Å². The number of nitrogens with zero attached hydrogens (tertiary/aromatic N) is 2. The van der Waals surface area contributed by atoms with Crippen LogP contribution in [-0.4, -0.2) is 21.7 Å². The van der Waals surface area contributed by atoms with E-state index in [1.165, 1.54) is 5.56 Å². The quantitative estimate of drug-likeness (QED) is 0.856. The van der Waals surface area contributed by atoms with Gasteiger partial charge in [-0.1, -0.05) is 30.3 Å². The van der Waals surface area contributed by atoms with E-state index in [1.54, 1.807) is 16.9 Å². The molecule has 5 nitrogen and oxygen atoms in total. The molecule has 0 aliphatic carbocycles. The van der Waals surface area contributed by atoms with Crippen molar-refractivity contribution in [2.45, 2.75) is 38.8 Å². The highest BCUT2D eigenvalue weighted by atomic mass is 16.2. The van der Waals surface area contributed by atoms with E-state index >= 15 is 0 Å². The molecule has 0 aliphatic heterocycles. The molecule has 3 N–H and O–H groups in total.